The van der Waals surface area contributed by atoms with Crippen LogP contribution in [0, 0.1) is 5.92 Å². The highest BCUT2D eigenvalue weighted by molar-refractivity contribution is 7.24. The van der Waals surface area contributed by atoms with Gasteiger partial charge in [0.2, 0.25) is 11.8 Å². The van der Waals surface area contributed by atoms with Crippen LogP contribution in [0.5, 0.6) is 0 Å². The van der Waals surface area contributed by atoms with E-state index in [1.807, 2.05) is 17.6 Å². The zero-order chi connectivity index (χ0) is 15.3. The van der Waals surface area contributed by atoms with E-state index in [9.17, 15) is 9.59 Å². The molecule has 22 heavy (non-hydrogen) atoms. The van der Waals surface area contributed by atoms with Gasteiger partial charge in [-0.3, -0.25) is 9.59 Å². The van der Waals surface area contributed by atoms with Gasteiger partial charge in [-0.05, 0) is 12.1 Å². The number of nitrogens with zero attached hydrogens (tertiary/aromatic N) is 3. The molecule has 2 amide bonds. The second-order valence-electron chi connectivity index (χ2n) is 5.30. The van der Waals surface area contributed by atoms with E-state index in [-0.39, 0.29) is 24.2 Å². The van der Waals surface area contributed by atoms with Gasteiger partial charge in [-0.15, -0.1) is 11.3 Å². The summed E-state index contributed by atoms with van der Waals surface area (Å²) in [6.45, 7) is 0.464. The minimum atomic E-state index is -0.302. The summed E-state index contributed by atoms with van der Waals surface area (Å²) < 4.78 is 2.09. The molecule has 1 saturated heterocycles. The minimum absolute atomic E-state index is 0.00799. The van der Waals surface area contributed by atoms with Gasteiger partial charge in [-0.25, -0.2) is 9.97 Å². The van der Waals surface area contributed by atoms with E-state index in [2.05, 4.69) is 15.3 Å². The van der Waals surface area contributed by atoms with Crippen LogP contribution in [-0.2, 0) is 9.59 Å². The van der Waals surface area contributed by atoms with Crippen molar-refractivity contribution in [2.45, 2.75) is 6.42 Å². The van der Waals surface area contributed by atoms with E-state index < -0.39 is 0 Å². The molecule has 1 aliphatic rings. The fraction of sp³-hybridized carbons (Fsp3) is 0.286. The standard InChI is InChI=1S/C14H12N4O2S2/c1-18-5-7(4-10(18)19)13(20)17-14-16-8-2-3-9-11(12(8)22-14)15-6-21-9/h2-3,6-7H,4-5H2,1H3,(H,16,17,20). The molecule has 0 spiro atoms. The van der Waals surface area contributed by atoms with Gasteiger partial charge in [0.15, 0.2) is 5.13 Å². The first kappa shape index (κ1) is 13.6. The summed E-state index contributed by atoms with van der Waals surface area (Å²) in [6.07, 6.45) is 0.267. The number of rotatable bonds is 2. The highest BCUT2D eigenvalue weighted by atomic mass is 32.1. The van der Waals surface area contributed by atoms with Crippen molar-refractivity contribution in [3.63, 3.8) is 0 Å². The first-order valence-corrected chi connectivity index (χ1v) is 8.49. The third-order valence-electron chi connectivity index (χ3n) is 3.80. The van der Waals surface area contributed by atoms with Crippen LogP contribution in [-0.4, -0.2) is 40.3 Å². The van der Waals surface area contributed by atoms with Crippen molar-refractivity contribution in [1.82, 2.24) is 14.9 Å². The molecule has 0 radical (unpaired) electrons. The van der Waals surface area contributed by atoms with Crippen LogP contribution in [0.1, 0.15) is 6.42 Å². The third-order valence-corrected chi connectivity index (χ3v) is 5.59. The number of fused-ring (bicyclic) bond motifs is 3. The SMILES string of the molecule is CN1CC(C(=O)Nc2nc3ccc4scnc4c3s2)CC1=O. The van der Waals surface area contributed by atoms with Crippen LogP contribution in [0.3, 0.4) is 0 Å². The fourth-order valence-corrected chi connectivity index (χ4v) is 4.33. The Hall–Kier alpha value is -2.06. The molecule has 112 valence electrons. The summed E-state index contributed by atoms with van der Waals surface area (Å²) in [5, 5.41) is 3.39. The summed E-state index contributed by atoms with van der Waals surface area (Å²) >= 11 is 3.01. The lowest BCUT2D eigenvalue weighted by atomic mass is 10.1. The van der Waals surface area contributed by atoms with E-state index in [0.717, 1.165) is 20.4 Å². The first-order chi connectivity index (χ1) is 10.6. The molecule has 1 aliphatic heterocycles. The number of hydrogen-bond acceptors (Lipinski definition) is 6. The Morgan fingerprint density at radius 3 is 3.09 bits per heavy atom. The highest BCUT2D eigenvalue weighted by Crippen LogP contribution is 2.33. The molecular weight excluding hydrogens is 320 g/mol. The number of carbonyl (C=O) groups is 2. The monoisotopic (exact) mass is 332 g/mol. The van der Waals surface area contributed by atoms with Gasteiger partial charge in [0.25, 0.3) is 0 Å². The van der Waals surface area contributed by atoms with Gasteiger partial charge < -0.3 is 10.2 Å². The summed E-state index contributed by atoms with van der Waals surface area (Å²) in [6, 6.07) is 3.93. The van der Waals surface area contributed by atoms with Crippen molar-refractivity contribution in [1.29, 1.82) is 0 Å². The lowest BCUT2D eigenvalue weighted by Gasteiger charge is -2.09. The van der Waals surface area contributed by atoms with Gasteiger partial charge >= 0.3 is 0 Å². The second kappa shape index (κ2) is 4.99. The fourth-order valence-electron chi connectivity index (χ4n) is 2.61. The number of carbonyl (C=O) groups excluding carboxylic acids is 2. The van der Waals surface area contributed by atoms with Gasteiger partial charge in [-0.2, -0.15) is 0 Å². The van der Waals surface area contributed by atoms with Crippen molar-refractivity contribution in [3.05, 3.63) is 17.6 Å². The molecule has 0 saturated carbocycles. The van der Waals surface area contributed by atoms with Crippen molar-refractivity contribution in [2.75, 3.05) is 18.9 Å². The van der Waals surface area contributed by atoms with Gasteiger partial charge in [0.05, 0.1) is 26.3 Å². The maximum Gasteiger partial charge on any atom is 0.231 e. The lowest BCUT2D eigenvalue weighted by Crippen LogP contribution is -2.25. The first-order valence-electron chi connectivity index (χ1n) is 6.79. The molecule has 0 aliphatic carbocycles. The van der Waals surface area contributed by atoms with Crippen LogP contribution < -0.4 is 5.32 Å². The molecule has 1 fully saturated rings. The number of amides is 2. The quantitative estimate of drug-likeness (QED) is 0.781. The number of aromatic nitrogens is 2. The number of anilines is 1. The normalized spacial score (nSPS) is 18.5. The summed E-state index contributed by atoms with van der Waals surface area (Å²) in [5.74, 6) is -0.441. The predicted octanol–water partition coefficient (Wildman–Crippen LogP) is 2.32. The average molecular weight is 332 g/mol. The molecule has 4 rings (SSSR count). The predicted molar refractivity (Wildman–Crippen MR) is 87.2 cm³/mol. The van der Waals surface area contributed by atoms with Gasteiger partial charge in [0, 0.05) is 20.0 Å². The number of nitrogens with one attached hydrogen (secondary N) is 1. The van der Waals surface area contributed by atoms with E-state index in [1.54, 1.807) is 23.3 Å². The Bertz CT molecular complexity index is 901. The van der Waals surface area contributed by atoms with Crippen molar-refractivity contribution in [3.8, 4) is 0 Å². The number of likely N-dealkylation sites (tertiary alicyclic amines) is 1. The topological polar surface area (TPSA) is 75.2 Å². The molecule has 6 nitrogen and oxygen atoms in total. The molecule has 1 atom stereocenters. The second-order valence-corrected chi connectivity index (χ2v) is 7.18. The molecule has 3 aromatic rings. The van der Waals surface area contributed by atoms with E-state index in [1.165, 1.54) is 11.3 Å². The van der Waals surface area contributed by atoms with Gasteiger partial charge in [-0.1, -0.05) is 11.3 Å². The Labute approximate surface area is 133 Å². The van der Waals surface area contributed by atoms with E-state index in [0.29, 0.717) is 11.7 Å². The number of hydrogen-bond donors (Lipinski definition) is 1. The van der Waals surface area contributed by atoms with E-state index in [4.69, 9.17) is 0 Å². The van der Waals surface area contributed by atoms with Crippen LogP contribution in [0.15, 0.2) is 17.6 Å². The summed E-state index contributed by atoms with van der Waals surface area (Å²) in [7, 11) is 1.71. The third kappa shape index (κ3) is 2.15. The summed E-state index contributed by atoms with van der Waals surface area (Å²) in [4.78, 5) is 34.2. The Balaban J connectivity index is 1.62. The maximum atomic E-state index is 12.3. The number of benzene rings is 1. The van der Waals surface area contributed by atoms with Crippen LogP contribution in [0.2, 0.25) is 0 Å². The molecule has 1 N–H and O–H groups in total. The molecule has 0 bridgehead atoms. The zero-order valence-electron chi connectivity index (χ0n) is 11.7. The zero-order valence-corrected chi connectivity index (χ0v) is 13.3. The number of thiazole rings is 2. The molecule has 2 aromatic heterocycles. The van der Waals surface area contributed by atoms with Gasteiger partial charge in [0.1, 0.15) is 5.52 Å². The minimum Gasteiger partial charge on any atom is -0.345 e. The van der Waals surface area contributed by atoms with Crippen molar-refractivity contribution < 1.29 is 9.59 Å². The van der Waals surface area contributed by atoms with Crippen LogP contribution in [0.25, 0.3) is 20.4 Å². The Morgan fingerprint density at radius 2 is 2.32 bits per heavy atom. The summed E-state index contributed by atoms with van der Waals surface area (Å²) in [5.41, 5.74) is 3.57. The van der Waals surface area contributed by atoms with E-state index >= 15 is 0 Å². The lowest BCUT2D eigenvalue weighted by molar-refractivity contribution is -0.127. The molecular formula is C14H12N4O2S2. The van der Waals surface area contributed by atoms with Crippen LogP contribution >= 0.6 is 22.7 Å². The molecule has 1 unspecified atom stereocenters. The van der Waals surface area contributed by atoms with Crippen molar-refractivity contribution >= 4 is 60.1 Å². The molecule has 8 heteroatoms. The molecule has 1 aromatic carbocycles. The smallest absolute Gasteiger partial charge is 0.231 e. The average Bonchev–Trinajstić information content (AvgIpc) is 3.16. The van der Waals surface area contributed by atoms with Crippen molar-refractivity contribution in [2.24, 2.45) is 5.92 Å². The Morgan fingerprint density at radius 1 is 1.45 bits per heavy atom. The maximum absolute atomic E-state index is 12.3. The van der Waals surface area contributed by atoms with Crippen LogP contribution in [0.4, 0.5) is 5.13 Å². The largest absolute Gasteiger partial charge is 0.345 e. The molecule has 3 heterocycles. The highest BCUT2D eigenvalue weighted by Gasteiger charge is 2.32. The Kier molecular flexibility index (Phi) is 3.08.